The average molecular weight is 425 g/mol. The predicted octanol–water partition coefficient (Wildman–Crippen LogP) is 4.19. The van der Waals surface area contributed by atoms with E-state index in [0.717, 1.165) is 48.3 Å². The molecular weight excluding hydrogens is 400 g/mol. The number of nitrogens with zero attached hydrogens (tertiary/aromatic N) is 3. The summed E-state index contributed by atoms with van der Waals surface area (Å²) in [6, 6.07) is 8.39. The molecule has 1 N–H and O–H groups in total. The van der Waals surface area contributed by atoms with E-state index in [1.165, 1.54) is 11.2 Å². The zero-order valence-electron chi connectivity index (χ0n) is 17.0. The molecule has 0 spiro atoms. The van der Waals surface area contributed by atoms with Crippen LogP contribution >= 0.6 is 11.5 Å². The van der Waals surface area contributed by atoms with Gasteiger partial charge in [0.1, 0.15) is 5.76 Å². The van der Waals surface area contributed by atoms with Crippen LogP contribution in [0.3, 0.4) is 0 Å². The van der Waals surface area contributed by atoms with Crippen LogP contribution in [0.4, 0.5) is 5.69 Å². The SMILES string of the molecule is Cc1ccc(N(C(=O)c2csnn2)C(C(=O)NC2CCCC2)c2ccco2)c(C)c1. The molecular formula is C22H24N4O3S. The molecule has 2 aromatic heterocycles. The highest BCUT2D eigenvalue weighted by atomic mass is 32.1. The van der Waals surface area contributed by atoms with Crippen LogP contribution in [0.2, 0.25) is 0 Å². The molecule has 1 aromatic carbocycles. The maximum absolute atomic E-state index is 13.5. The van der Waals surface area contributed by atoms with Gasteiger partial charge in [0.25, 0.3) is 11.8 Å². The lowest BCUT2D eigenvalue weighted by Crippen LogP contribution is -2.46. The Kier molecular flexibility index (Phi) is 5.94. The number of carbonyl (C=O) groups excluding carboxylic acids is 2. The normalized spacial score (nSPS) is 15.1. The van der Waals surface area contributed by atoms with Crippen LogP contribution in [-0.4, -0.2) is 27.4 Å². The van der Waals surface area contributed by atoms with E-state index in [0.29, 0.717) is 11.4 Å². The number of rotatable bonds is 6. The highest BCUT2D eigenvalue weighted by Crippen LogP contribution is 2.33. The molecule has 30 heavy (non-hydrogen) atoms. The van der Waals surface area contributed by atoms with E-state index >= 15 is 0 Å². The summed E-state index contributed by atoms with van der Waals surface area (Å²) in [4.78, 5) is 28.5. The second-order valence-corrected chi connectivity index (χ2v) is 8.27. The fourth-order valence-corrected chi connectivity index (χ4v) is 4.42. The minimum Gasteiger partial charge on any atom is -0.467 e. The summed E-state index contributed by atoms with van der Waals surface area (Å²) in [6.45, 7) is 3.92. The van der Waals surface area contributed by atoms with Crippen LogP contribution in [-0.2, 0) is 4.79 Å². The number of anilines is 1. The highest BCUT2D eigenvalue weighted by Gasteiger charge is 2.38. The van der Waals surface area contributed by atoms with Crippen molar-refractivity contribution in [2.45, 2.75) is 51.6 Å². The van der Waals surface area contributed by atoms with Crippen LogP contribution in [0, 0.1) is 13.8 Å². The van der Waals surface area contributed by atoms with Gasteiger partial charge in [0.2, 0.25) is 0 Å². The van der Waals surface area contributed by atoms with Gasteiger partial charge in [-0.2, -0.15) is 0 Å². The molecule has 4 rings (SSSR count). The van der Waals surface area contributed by atoms with Gasteiger partial charge in [0.05, 0.1) is 6.26 Å². The Morgan fingerprint density at radius 3 is 2.67 bits per heavy atom. The van der Waals surface area contributed by atoms with Gasteiger partial charge in [0.15, 0.2) is 11.7 Å². The summed E-state index contributed by atoms with van der Waals surface area (Å²) in [5.74, 6) is -0.242. The Bertz CT molecular complexity index is 1010. The number of nitrogens with one attached hydrogen (secondary N) is 1. The average Bonchev–Trinajstić information content (AvgIpc) is 3.49. The van der Waals surface area contributed by atoms with Gasteiger partial charge in [-0.05, 0) is 62.0 Å². The number of aryl methyl sites for hydroxylation is 2. The second-order valence-electron chi connectivity index (χ2n) is 7.66. The van der Waals surface area contributed by atoms with Crippen molar-refractivity contribution in [3.05, 3.63) is 64.6 Å². The van der Waals surface area contributed by atoms with E-state index < -0.39 is 11.9 Å². The van der Waals surface area contributed by atoms with E-state index in [9.17, 15) is 9.59 Å². The van der Waals surface area contributed by atoms with E-state index in [2.05, 4.69) is 14.9 Å². The molecule has 1 aliphatic rings. The number of benzene rings is 1. The molecule has 3 aromatic rings. The zero-order chi connectivity index (χ0) is 21.1. The van der Waals surface area contributed by atoms with Gasteiger partial charge in [-0.15, -0.1) is 5.10 Å². The van der Waals surface area contributed by atoms with E-state index in [4.69, 9.17) is 4.42 Å². The molecule has 8 heteroatoms. The fourth-order valence-electron chi connectivity index (χ4n) is 3.99. The molecule has 0 aliphatic heterocycles. The zero-order valence-corrected chi connectivity index (χ0v) is 17.8. The molecule has 0 radical (unpaired) electrons. The van der Waals surface area contributed by atoms with Gasteiger partial charge in [0, 0.05) is 17.1 Å². The monoisotopic (exact) mass is 424 g/mol. The molecule has 1 aliphatic carbocycles. The highest BCUT2D eigenvalue weighted by molar-refractivity contribution is 7.03. The minimum absolute atomic E-state index is 0.118. The fraction of sp³-hybridized carbons (Fsp3) is 0.364. The molecule has 0 saturated heterocycles. The molecule has 156 valence electrons. The van der Waals surface area contributed by atoms with Crippen molar-refractivity contribution in [3.63, 3.8) is 0 Å². The first kappa shape index (κ1) is 20.3. The van der Waals surface area contributed by atoms with Crippen LogP contribution < -0.4 is 10.2 Å². The first-order valence-electron chi connectivity index (χ1n) is 10.1. The van der Waals surface area contributed by atoms with Gasteiger partial charge in [-0.3, -0.25) is 14.5 Å². The predicted molar refractivity (Wildman–Crippen MR) is 114 cm³/mol. The molecule has 2 amide bonds. The van der Waals surface area contributed by atoms with Crippen LogP contribution in [0.25, 0.3) is 0 Å². The molecule has 7 nitrogen and oxygen atoms in total. The van der Waals surface area contributed by atoms with Crippen molar-refractivity contribution < 1.29 is 14.0 Å². The second kappa shape index (κ2) is 8.79. The van der Waals surface area contributed by atoms with Gasteiger partial charge < -0.3 is 9.73 Å². The third-order valence-electron chi connectivity index (χ3n) is 5.43. The van der Waals surface area contributed by atoms with Gasteiger partial charge in [-0.25, -0.2) is 0 Å². The lowest BCUT2D eigenvalue weighted by molar-refractivity contribution is -0.123. The van der Waals surface area contributed by atoms with E-state index in [1.54, 1.807) is 17.5 Å². The van der Waals surface area contributed by atoms with E-state index in [-0.39, 0.29) is 17.6 Å². The number of amides is 2. The van der Waals surface area contributed by atoms with Crippen LogP contribution in [0.1, 0.15) is 59.1 Å². The molecule has 1 atom stereocenters. The Morgan fingerprint density at radius 2 is 2.03 bits per heavy atom. The van der Waals surface area contributed by atoms with Crippen LogP contribution in [0.15, 0.2) is 46.4 Å². The summed E-state index contributed by atoms with van der Waals surface area (Å²) in [5, 5.41) is 8.66. The standard InChI is InChI=1S/C22H24N4O3S/c1-14-9-10-18(15(2)12-14)26(22(28)17-13-30-25-24-17)20(19-8-5-11-29-19)21(27)23-16-6-3-4-7-16/h5,8-13,16,20H,3-4,6-7H2,1-2H3,(H,23,27). The van der Waals surface area contributed by atoms with Crippen molar-refractivity contribution >= 4 is 29.0 Å². The van der Waals surface area contributed by atoms with E-state index in [1.807, 2.05) is 32.0 Å². The summed E-state index contributed by atoms with van der Waals surface area (Å²) < 4.78 is 9.45. The molecule has 0 bridgehead atoms. The lowest BCUT2D eigenvalue weighted by atomic mass is 10.0. The van der Waals surface area contributed by atoms with Crippen molar-refractivity contribution in [2.24, 2.45) is 0 Å². The summed E-state index contributed by atoms with van der Waals surface area (Å²) in [5.41, 5.74) is 2.80. The Balaban J connectivity index is 1.80. The summed E-state index contributed by atoms with van der Waals surface area (Å²) >= 11 is 1.10. The van der Waals surface area contributed by atoms with Gasteiger partial charge >= 0.3 is 0 Å². The van der Waals surface area contributed by atoms with Crippen molar-refractivity contribution in [3.8, 4) is 0 Å². The number of hydrogen-bond acceptors (Lipinski definition) is 6. The largest absolute Gasteiger partial charge is 0.467 e. The number of aromatic nitrogens is 2. The molecule has 1 fully saturated rings. The van der Waals surface area contributed by atoms with Crippen LogP contribution in [0.5, 0.6) is 0 Å². The number of carbonyl (C=O) groups is 2. The maximum Gasteiger partial charge on any atom is 0.280 e. The Labute approximate surface area is 179 Å². The van der Waals surface area contributed by atoms with Crippen molar-refractivity contribution in [1.82, 2.24) is 14.9 Å². The Morgan fingerprint density at radius 1 is 1.23 bits per heavy atom. The first-order chi connectivity index (χ1) is 14.5. The third-order valence-corrected chi connectivity index (χ3v) is 5.94. The quantitative estimate of drug-likeness (QED) is 0.641. The first-order valence-corrected chi connectivity index (χ1v) is 10.9. The summed E-state index contributed by atoms with van der Waals surface area (Å²) in [6.07, 6.45) is 5.61. The van der Waals surface area contributed by atoms with Gasteiger partial charge in [-0.1, -0.05) is 35.0 Å². The van der Waals surface area contributed by atoms with Crippen molar-refractivity contribution in [1.29, 1.82) is 0 Å². The Hall–Kier alpha value is -3.00. The number of furan rings is 1. The third kappa shape index (κ3) is 4.14. The molecule has 2 heterocycles. The smallest absolute Gasteiger partial charge is 0.280 e. The minimum atomic E-state index is -0.948. The number of hydrogen-bond donors (Lipinski definition) is 1. The summed E-state index contributed by atoms with van der Waals surface area (Å²) in [7, 11) is 0. The lowest BCUT2D eigenvalue weighted by Gasteiger charge is -2.31. The topological polar surface area (TPSA) is 88.3 Å². The molecule has 1 unspecified atom stereocenters. The van der Waals surface area contributed by atoms with Crippen molar-refractivity contribution in [2.75, 3.05) is 4.90 Å². The molecule has 1 saturated carbocycles. The maximum atomic E-state index is 13.5.